The summed E-state index contributed by atoms with van der Waals surface area (Å²) in [5.74, 6) is 0.737. The Morgan fingerprint density at radius 2 is 1.78 bits per heavy atom. The number of hydrogen-bond acceptors (Lipinski definition) is 5. The third kappa shape index (κ3) is 5.30. The minimum absolute atomic E-state index is 0.0271. The molecule has 0 saturated carbocycles. The molecule has 0 aliphatic carbocycles. The first-order valence-corrected chi connectivity index (χ1v) is 10.7. The van der Waals surface area contributed by atoms with E-state index in [1.807, 2.05) is 54.6 Å². The maximum absolute atomic E-state index is 12.3. The van der Waals surface area contributed by atoms with Gasteiger partial charge in [0, 0.05) is 6.04 Å². The largest absolute Gasteiger partial charge is 0.497 e. The molecule has 0 bridgehead atoms. The molecule has 144 valence electrons. The molecule has 2 atom stereocenters. The molecule has 7 heteroatoms. The van der Waals surface area contributed by atoms with E-state index in [-0.39, 0.29) is 36.0 Å². The van der Waals surface area contributed by atoms with Gasteiger partial charge in [0.25, 0.3) is 0 Å². The summed E-state index contributed by atoms with van der Waals surface area (Å²) in [4.78, 5) is 12.3. The highest BCUT2D eigenvalue weighted by molar-refractivity contribution is 7.91. The zero-order valence-electron chi connectivity index (χ0n) is 15.2. The van der Waals surface area contributed by atoms with Gasteiger partial charge in [-0.05, 0) is 29.7 Å². The average molecular weight is 388 g/mol. The molecular formula is C20H24N2O4S. The summed E-state index contributed by atoms with van der Waals surface area (Å²) < 4.78 is 28.3. The van der Waals surface area contributed by atoms with Crippen LogP contribution in [0.4, 0.5) is 0 Å². The highest BCUT2D eigenvalue weighted by atomic mass is 32.2. The molecule has 2 N–H and O–H groups in total. The van der Waals surface area contributed by atoms with Crippen molar-refractivity contribution >= 4 is 15.7 Å². The Balaban J connectivity index is 1.67. The maximum atomic E-state index is 12.3. The van der Waals surface area contributed by atoms with Crippen LogP contribution in [0.1, 0.15) is 23.6 Å². The van der Waals surface area contributed by atoms with E-state index in [9.17, 15) is 13.2 Å². The first kappa shape index (κ1) is 19.4. The van der Waals surface area contributed by atoms with Crippen molar-refractivity contribution in [2.45, 2.75) is 18.5 Å². The van der Waals surface area contributed by atoms with Crippen LogP contribution in [-0.2, 0) is 14.6 Å². The molecule has 1 heterocycles. The first-order valence-electron chi connectivity index (χ1n) is 8.89. The van der Waals surface area contributed by atoms with Crippen LogP contribution in [0, 0.1) is 0 Å². The number of ether oxygens (including phenoxy) is 1. The second-order valence-corrected chi connectivity index (χ2v) is 8.89. The zero-order valence-corrected chi connectivity index (χ0v) is 16.0. The van der Waals surface area contributed by atoms with Gasteiger partial charge in [-0.2, -0.15) is 0 Å². The van der Waals surface area contributed by atoms with E-state index in [1.165, 1.54) is 0 Å². The molecule has 27 heavy (non-hydrogen) atoms. The SMILES string of the molecule is COc1ccc([C@H](NCC(=O)N[C@@H]2CCS(=O)(=O)C2)c2ccccc2)cc1. The van der Waals surface area contributed by atoms with Gasteiger partial charge in [0.1, 0.15) is 5.75 Å². The molecule has 0 spiro atoms. The van der Waals surface area contributed by atoms with Gasteiger partial charge < -0.3 is 10.1 Å². The summed E-state index contributed by atoms with van der Waals surface area (Å²) in [6.45, 7) is 0.0993. The van der Waals surface area contributed by atoms with Crippen molar-refractivity contribution in [2.24, 2.45) is 0 Å². The second kappa shape index (κ2) is 8.54. The Morgan fingerprint density at radius 3 is 2.37 bits per heavy atom. The number of rotatable bonds is 7. The summed E-state index contributed by atoms with van der Waals surface area (Å²) in [5, 5.41) is 6.09. The molecule has 2 aromatic carbocycles. The number of amides is 1. The summed E-state index contributed by atoms with van der Waals surface area (Å²) >= 11 is 0. The first-order chi connectivity index (χ1) is 13.0. The van der Waals surface area contributed by atoms with E-state index >= 15 is 0 Å². The molecule has 0 radical (unpaired) electrons. The van der Waals surface area contributed by atoms with Crippen LogP contribution >= 0.6 is 0 Å². The van der Waals surface area contributed by atoms with Crippen LogP contribution in [-0.4, -0.2) is 45.5 Å². The molecule has 1 saturated heterocycles. The molecule has 6 nitrogen and oxygen atoms in total. The van der Waals surface area contributed by atoms with E-state index in [2.05, 4.69) is 10.6 Å². The summed E-state index contributed by atoms with van der Waals surface area (Å²) in [5.41, 5.74) is 2.05. The number of methoxy groups -OCH3 is 1. The fourth-order valence-electron chi connectivity index (χ4n) is 3.25. The van der Waals surface area contributed by atoms with Gasteiger partial charge in [0.05, 0.1) is 31.2 Å². The van der Waals surface area contributed by atoms with E-state index in [0.29, 0.717) is 6.42 Å². The lowest BCUT2D eigenvalue weighted by Gasteiger charge is -2.20. The number of nitrogens with one attached hydrogen (secondary N) is 2. The van der Waals surface area contributed by atoms with Crippen molar-refractivity contribution < 1.29 is 17.9 Å². The fourth-order valence-corrected chi connectivity index (χ4v) is 4.93. The molecule has 1 amide bonds. The Bertz CT molecular complexity index is 867. The summed E-state index contributed by atoms with van der Waals surface area (Å²) in [6, 6.07) is 17.1. The lowest BCUT2D eigenvalue weighted by molar-refractivity contribution is -0.120. The van der Waals surface area contributed by atoms with Gasteiger partial charge in [0.2, 0.25) is 5.91 Å². The Kier molecular flexibility index (Phi) is 6.13. The quantitative estimate of drug-likeness (QED) is 0.754. The summed E-state index contributed by atoms with van der Waals surface area (Å²) in [7, 11) is -1.39. The standard InChI is InChI=1S/C20H24N2O4S/c1-26-18-9-7-16(8-10-18)20(15-5-3-2-4-6-15)21-13-19(23)22-17-11-12-27(24,25)14-17/h2-10,17,20-21H,11-14H2,1H3,(H,22,23)/t17-,20-/m1/s1. The van der Waals surface area contributed by atoms with Crippen molar-refractivity contribution in [3.05, 3.63) is 65.7 Å². The number of carbonyl (C=O) groups excluding carboxylic acids is 1. The molecule has 1 fully saturated rings. The average Bonchev–Trinajstić information content (AvgIpc) is 3.01. The molecular weight excluding hydrogens is 364 g/mol. The molecule has 1 aliphatic rings. The molecule has 3 rings (SSSR count). The predicted octanol–water partition coefficient (Wildman–Crippen LogP) is 1.68. The Morgan fingerprint density at radius 1 is 1.11 bits per heavy atom. The molecule has 0 unspecified atom stereocenters. The fraction of sp³-hybridized carbons (Fsp3) is 0.350. The lowest BCUT2D eigenvalue weighted by atomic mass is 9.98. The Hall–Kier alpha value is -2.38. The van der Waals surface area contributed by atoms with Crippen LogP contribution in [0.2, 0.25) is 0 Å². The smallest absolute Gasteiger partial charge is 0.234 e. The zero-order chi connectivity index (χ0) is 19.3. The van der Waals surface area contributed by atoms with E-state index < -0.39 is 9.84 Å². The van der Waals surface area contributed by atoms with Crippen molar-refractivity contribution in [1.82, 2.24) is 10.6 Å². The number of sulfone groups is 1. The predicted molar refractivity (Wildman–Crippen MR) is 104 cm³/mol. The van der Waals surface area contributed by atoms with Crippen molar-refractivity contribution in [3.63, 3.8) is 0 Å². The van der Waals surface area contributed by atoms with Crippen LogP contribution in [0.25, 0.3) is 0 Å². The molecule has 2 aromatic rings. The monoisotopic (exact) mass is 388 g/mol. The number of hydrogen-bond donors (Lipinski definition) is 2. The van der Waals surface area contributed by atoms with E-state index in [1.54, 1.807) is 7.11 Å². The van der Waals surface area contributed by atoms with Gasteiger partial charge in [-0.15, -0.1) is 0 Å². The van der Waals surface area contributed by atoms with Gasteiger partial charge >= 0.3 is 0 Å². The lowest BCUT2D eigenvalue weighted by Crippen LogP contribution is -2.42. The van der Waals surface area contributed by atoms with E-state index in [4.69, 9.17) is 4.74 Å². The minimum atomic E-state index is -3.01. The van der Waals surface area contributed by atoms with Crippen LogP contribution in [0.15, 0.2) is 54.6 Å². The third-order valence-corrected chi connectivity index (χ3v) is 6.41. The van der Waals surface area contributed by atoms with Gasteiger partial charge in [0.15, 0.2) is 9.84 Å². The summed E-state index contributed by atoms with van der Waals surface area (Å²) in [6.07, 6.45) is 0.481. The highest BCUT2D eigenvalue weighted by Crippen LogP contribution is 2.24. The van der Waals surface area contributed by atoms with Gasteiger partial charge in [-0.3, -0.25) is 10.1 Å². The van der Waals surface area contributed by atoms with Crippen LogP contribution in [0.5, 0.6) is 5.75 Å². The minimum Gasteiger partial charge on any atom is -0.497 e. The van der Waals surface area contributed by atoms with E-state index in [0.717, 1.165) is 16.9 Å². The normalized spacial score (nSPS) is 19.4. The Labute approximate surface area is 159 Å². The third-order valence-electron chi connectivity index (χ3n) is 4.65. The van der Waals surface area contributed by atoms with Gasteiger partial charge in [-0.25, -0.2) is 8.42 Å². The highest BCUT2D eigenvalue weighted by Gasteiger charge is 2.29. The topological polar surface area (TPSA) is 84.5 Å². The number of carbonyl (C=O) groups is 1. The number of benzene rings is 2. The second-order valence-electron chi connectivity index (χ2n) is 6.67. The van der Waals surface area contributed by atoms with Crippen molar-refractivity contribution in [1.29, 1.82) is 0 Å². The maximum Gasteiger partial charge on any atom is 0.234 e. The molecule has 1 aliphatic heterocycles. The molecule has 0 aromatic heterocycles. The van der Waals surface area contributed by atoms with Crippen molar-refractivity contribution in [3.8, 4) is 5.75 Å². The van der Waals surface area contributed by atoms with Crippen LogP contribution in [0.3, 0.4) is 0 Å². The van der Waals surface area contributed by atoms with Crippen molar-refractivity contribution in [2.75, 3.05) is 25.2 Å². The van der Waals surface area contributed by atoms with Crippen LogP contribution < -0.4 is 15.4 Å². The van der Waals surface area contributed by atoms with Gasteiger partial charge in [-0.1, -0.05) is 42.5 Å².